The van der Waals surface area contributed by atoms with Crippen LogP contribution < -0.4 is 10.1 Å². The molecule has 4 aromatic heterocycles. The molecule has 0 bridgehead atoms. The summed E-state index contributed by atoms with van der Waals surface area (Å²) >= 11 is 0. The highest BCUT2D eigenvalue weighted by molar-refractivity contribution is 5.91. The molecule has 0 spiro atoms. The Morgan fingerprint density at radius 1 is 1.05 bits per heavy atom. The predicted molar refractivity (Wildman–Crippen MR) is 124 cm³/mol. The van der Waals surface area contributed by atoms with Gasteiger partial charge >= 0.3 is 6.18 Å². The lowest BCUT2D eigenvalue weighted by molar-refractivity contribution is -0.141. The number of fused-ring (bicyclic) bond motifs is 5. The van der Waals surface area contributed by atoms with Crippen LogP contribution in [0.3, 0.4) is 0 Å². The quantitative estimate of drug-likeness (QED) is 0.349. The Morgan fingerprint density at radius 3 is 2.81 bits per heavy atom. The molecule has 0 saturated heterocycles. The van der Waals surface area contributed by atoms with Crippen molar-refractivity contribution in [3.8, 4) is 28.4 Å². The topological polar surface area (TPSA) is 82.2 Å². The fourth-order valence-electron chi connectivity index (χ4n) is 5.02. The number of rotatable bonds is 3. The minimum atomic E-state index is -4.57. The average molecular weight is 507 g/mol. The number of nitrogens with one attached hydrogen (secondary N) is 1. The van der Waals surface area contributed by atoms with Crippen LogP contribution >= 0.6 is 0 Å². The monoisotopic (exact) mass is 507 g/mol. The molecule has 2 aliphatic rings. The SMILES string of the molecule is Fc1ccc2c(c1CNc1ncc3c4c(ncn14)-c1nccn1Cc1nc(C(F)(F)F)ccc1-3)CCO2. The van der Waals surface area contributed by atoms with Gasteiger partial charge in [0.1, 0.15) is 29.3 Å². The van der Waals surface area contributed by atoms with Gasteiger partial charge in [-0.25, -0.2) is 24.3 Å². The maximum Gasteiger partial charge on any atom is 0.433 e. The first-order chi connectivity index (χ1) is 17.9. The number of aromatic nitrogens is 6. The Bertz CT molecular complexity index is 1710. The van der Waals surface area contributed by atoms with E-state index >= 15 is 0 Å². The zero-order valence-electron chi connectivity index (χ0n) is 19.1. The summed E-state index contributed by atoms with van der Waals surface area (Å²) < 4.78 is 63.9. The lowest BCUT2D eigenvalue weighted by Crippen LogP contribution is -2.14. The summed E-state index contributed by atoms with van der Waals surface area (Å²) in [6.07, 6.45) is 2.44. The van der Waals surface area contributed by atoms with Gasteiger partial charge in [0.25, 0.3) is 0 Å². The van der Waals surface area contributed by atoms with Crippen molar-refractivity contribution < 1.29 is 22.3 Å². The van der Waals surface area contributed by atoms with Crippen molar-refractivity contribution >= 4 is 11.5 Å². The first-order valence-corrected chi connectivity index (χ1v) is 11.5. The number of benzene rings is 1. The highest BCUT2D eigenvalue weighted by atomic mass is 19.4. The molecule has 12 heteroatoms. The van der Waals surface area contributed by atoms with Crippen LogP contribution in [0.15, 0.2) is 49.2 Å². The summed E-state index contributed by atoms with van der Waals surface area (Å²) in [6, 6.07) is 5.39. The van der Waals surface area contributed by atoms with Crippen molar-refractivity contribution in [1.82, 2.24) is 28.9 Å². The normalized spacial score (nSPS) is 13.9. The summed E-state index contributed by atoms with van der Waals surface area (Å²) in [5, 5.41) is 3.19. The molecular formula is C25H17F4N7O. The molecule has 2 aliphatic heterocycles. The molecule has 8 nitrogen and oxygen atoms in total. The molecule has 0 unspecified atom stereocenters. The molecule has 1 aromatic carbocycles. The lowest BCUT2D eigenvalue weighted by Gasteiger charge is -2.19. The van der Waals surface area contributed by atoms with E-state index < -0.39 is 11.9 Å². The van der Waals surface area contributed by atoms with Crippen molar-refractivity contribution in [3.63, 3.8) is 0 Å². The average Bonchev–Trinajstić information content (AvgIpc) is 3.61. The first-order valence-electron chi connectivity index (χ1n) is 11.5. The number of hydrogen-bond donors (Lipinski definition) is 1. The third kappa shape index (κ3) is 3.35. The van der Waals surface area contributed by atoms with Crippen molar-refractivity contribution in [2.24, 2.45) is 0 Å². The van der Waals surface area contributed by atoms with Crippen LogP contribution in [0.5, 0.6) is 5.75 Å². The number of pyridine rings is 1. The van der Waals surface area contributed by atoms with Crippen LogP contribution in [0.1, 0.15) is 22.5 Å². The van der Waals surface area contributed by atoms with E-state index in [0.29, 0.717) is 58.5 Å². The van der Waals surface area contributed by atoms with Gasteiger partial charge in [-0.3, -0.25) is 4.40 Å². The second-order valence-corrected chi connectivity index (χ2v) is 8.83. The van der Waals surface area contributed by atoms with Gasteiger partial charge in [-0.15, -0.1) is 0 Å². The minimum absolute atomic E-state index is 0.0908. The van der Waals surface area contributed by atoms with Crippen LogP contribution in [0.4, 0.5) is 23.5 Å². The molecule has 1 N–H and O–H groups in total. The van der Waals surface area contributed by atoms with Gasteiger partial charge in [-0.05, 0) is 18.2 Å². The standard InChI is InChI=1S/C25H17F4N7O/c26-17-2-3-19-14(5-8-37-19)15(17)9-31-24-32-10-16-13-1-4-20(25(27,28)29)34-18(13)11-35-7-6-30-23(35)21-22(16)36(24)12-33-21/h1-4,6-7,10,12H,5,8-9,11H2,(H,31,32). The van der Waals surface area contributed by atoms with Crippen molar-refractivity contribution in [2.45, 2.75) is 25.7 Å². The molecule has 6 heterocycles. The first kappa shape index (κ1) is 21.8. The smallest absolute Gasteiger partial charge is 0.433 e. The van der Waals surface area contributed by atoms with Gasteiger partial charge in [-0.2, -0.15) is 13.2 Å². The largest absolute Gasteiger partial charge is 0.493 e. The Labute approximate surface area is 206 Å². The van der Waals surface area contributed by atoms with E-state index in [0.717, 1.165) is 11.6 Å². The molecule has 0 fully saturated rings. The zero-order chi connectivity index (χ0) is 25.3. The molecular weight excluding hydrogens is 490 g/mol. The van der Waals surface area contributed by atoms with Crippen molar-refractivity contribution in [3.05, 3.63) is 77.5 Å². The number of alkyl halides is 3. The van der Waals surface area contributed by atoms with E-state index in [4.69, 9.17) is 4.74 Å². The van der Waals surface area contributed by atoms with E-state index in [1.54, 1.807) is 40.0 Å². The minimum Gasteiger partial charge on any atom is -0.493 e. The van der Waals surface area contributed by atoms with Gasteiger partial charge in [0.05, 0.1) is 24.4 Å². The van der Waals surface area contributed by atoms with Gasteiger partial charge < -0.3 is 14.6 Å². The van der Waals surface area contributed by atoms with Crippen molar-refractivity contribution in [1.29, 1.82) is 0 Å². The highest BCUT2D eigenvalue weighted by Gasteiger charge is 2.34. The van der Waals surface area contributed by atoms with Gasteiger partial charge in [0.15, 0.2) is 5.82 Å². The van der Waals surface area contributed by atoms with E-state index in [2.05, 4.69) is 25.3 Å². The predicted octanol–water partition coefficient (Wildman–Crippen LogP) is 4.72. The Hall–Kier alpha value is -4.48. The number of imidazole rings is 2. The number of halogens is 4. The van der Waals surface area contributed by atoms with Crippen LogP contribution in [-0.2, 0) is 25.7 Å². The number of ether oxygens (including phenoxy) is 1. The summed E-state index contributed by atoms with van der Waals surface area (Å²) in [5.74, 6) is 1.23. The maximum absolute atomic E-state index is 14.7. The summed E-state index contributed by atoms with van der Waals surface area (Å²) in [5.41, 5.74) is 2.85. The van der Waals surface area contributed by atoms with Crippen LogP contribution in [0.25, 0.3) is 28.2 Å². The summed E-state index contributed by atoms with van der Waals surface area (Å²) in [4.78, 5) is 17.5. The van der Waals surface area contributed by atoms with Crippen LogP contribution in [-0.4, -0.2) is 35.5 Å². The van der Waals surface area contributed by atoms with Gasteiger partial charge in [-0.1, -0.05) is 6.07 Å². The summed E-state index contributed by atoms with van der Waals surface area (Å²) in [7, 11) is 0. The molecule has 0 radical (unpaired) electrons. The van der Waals surface area contributed by atoms with E-state index in [1.165, 1.54) is 12.1 Å². The van der Waals surface area contributed by atoms with Crippen molar-refractivity contribution in [2.75, 3.05) is 11.9 Å². The molecule has 7 rings (SSSR count). The Morgan fingerprint density at radius 2 is 1.95 bits per heavy atom. The van der Waals surface area contributed by atoms with Crippen LogP contribution in [0.2, 0.25) is 0 Å². The highest BCUT2D eigenvalue weighted by Crippen LogP contribution is 2.38. The second kappa shape index (κ2) is 7.76. The van der Waals surface area contributed by atoms with E-state index in [-0.39, 0.29) is 24.6 Å². The Kier molecular flexibility index (Phi) is 4.57. The molecule has 5 aromatic rings. The van der Waals surface area contributed by atoms with E-state index in [1.807, 2.05) is 0 Å². The molecule has 0 atom stereocenters. The lowest BCUT2D eigenvalue weighted by atomic mass is 10.0. The van der Waals surface area contributed by atoms with Crippen LogP contribution in [0, 0.1) is 5.82 Å². The fraction of sp³-hybridized carbons (Fsp3) is 0.200. The van der Waals surface area contributed by atoms with Gasteiger partial charge in [0, 0.05) is 53.8 Å². The fourth-order valence-corrected chi connectivity index (χ4v) is 5.02. The van der Waals surface area contributed by atoms with Gasteiger partial charge in [0.2, 0.25) is 5.95 Å². The Balaban J connectivity index is 1.37. The molecule has 0 amide bonds. The number of hydrogen-bond acceptors (Lipinski definition) is 6. The number of anilines is 1. The van der Waals surface area contributed by atoms with E-state index in [9.17, 15) is 17.6 Å². The third-order valence-electron chi connectivity index (χ3n) is 6.73. The zero-order valence-corrected chi connectivity index (χ0v) is 19.1. The molecule has 0 aliphatic carbocycles. The molecule has 186 valence electrons. The summed E-state index contributed by atoms with van der Waals surface area (Å²) in [6.45, 7) is 0.757. The number of nitrogens with zero attached hydrogens (tertiary/aromatic N) is 6. The third-order valence-corrected chi connectivity index (χ3v) is 6.73. The molecule has 0 saturated carbocycles. The molecule has 37 heavy (non-hydrogen) atoms. The second-order valence-electron chi connectivity index (χ2n) is 8.83. The maximum atomic E-state index is 14.7.